The van der Waals surface area contributed by atoms with E-state index in [1.165, 1.54) is 0 Å². The number of carbonyl (C=O) groups excluding carboxylic acids is 1. The van der Waals surface area contributed by atoms with E-state index in [4.69, 9.17) is 18.9 Å². The SMILES string of the molecule is O=C(CCOCC1CCCO1)N1CCOCC1C1CCCO1. The Bertz CT molecular complexity index is 352. The molecule has 0 bridgehead atoms. The van der Waals surface area contributed by atoms with Crippen molar-refractivity contribution in [3.63, 3.8) is 0 Å². The van der Waals surface area contributed by atoms with Crippen LogP contribution in [0.3, 0.4) is 0 Å². The number of rotatable bonds is 6. The predicted molar refractivity (Wildman–Crippen MR) is 79.7 cm³/mol. The second kappa shape index (κ2) is 8.24. The van der Waals surface area contributed by atoms with E-state index in [0.29, 0.717) is 39.4 Å². The minimum absolute atomic E-state index is 0.0712. The first-order valence-corrected chi connectivity index (χ1v) is 8.53. The number of hydrogen-bond acceptors (Lipinski definition) is 5. The second-order valence-corrected chi connectivity index (χ2v) is 6.24. The number of nitrogens with zero attached hydrogens (tertiary/aromatic N) is 1. The zero-order valence-electron chi connectivity index (χ0n) is 13.2. The van der Waals surface area contributed by atoms with Crippen LogP contribution in [-0.4, -0.2) is 75.2 Å². The molecule has 22 heavy (non-hydrogen) atoms. The quantitative estimate of drug-likeness (QED) is 0.684. The average molecular weight is 313 g/mol. The van der Waals surface area contributed by atoms with Crippen molar-refractivity contribution in [3.8, 4) is 0 Å². The summed E-state index contributed by atoms with van der Waals surface area (Å²) in [6, 6.07) is 0.0712. The largest absolute Gasteiger partial charge is 0.378 e. The normalized spacial score (nSPS) is 32.5. The molecule has 3 aliphatic rings. The average Bonchev–Trinajstić information content (AvgIpc) is 3.24. The zero-order chi connectivity index (χ0) is 15.2. The highest BCUT2D eigenvalue weighted by atomic mass is 16.5. The Kier molecular flexibility index (Phi) is 6.06. The van der Waals surface area contributed by atoms with E-state index >= 15 is 0 Å². The Morgan fingerprint density at radius 3 is 2.77 bits per heavy atom. The van der Waals surface area contributed by atoms with E-state index in [1.54, 1.807) is 0 Å². The number of amides is 1. The maximum absolute atomic E-state index is 12.5. The Morgan fingerprint density at radius 1 is 1.14 bits per heavy atom. The summed E-state index contributed by atoms with van der Waals surface area (Å²) in [7, 11) is 0. The molecule has 0 radical (unpaired) electrons. The summed E-state index contributed by atoms with van der Waals surface area (Å²) in [5.41, 5.74) is 0. The van der Waals surface area contributed by atoms with Crippen LogP contribution in [0.25, 0.3) is 0 Å². The van der Waals surface area contributed by atoms with E-state index in [-0.39, 0.29) is 24.2 Å². The zero-order valence-corrected chi connectivity index (χ0v) is 13.2. The second-order valence-electron chi connectivity index (χ2n) is 6.24. The number of hydrogen-bond donors (Lipinski definition) is 0. The van der Waals surface area contributed by atoms with Gasteiger partial charge in [-0.2, -0.15) is 0 Å². The van der Waals surface area contributed by atoms with E-state index in [0.717, 1.165) is 38.9 Å². The van der Waals surface area contributed by atoms with Gasteiger partial charge in [-0.25, -0.2) is 0 Å². The summed E-state index contributed by atoms with van der Waals surface area (Å²) >= 11 is 0. The molecule has 0 N–H and O–H groups in total. The maximum Gasteiger partial charge on any atom is 0.225 e. The Labute approximate surface area is 132 Å². The van der Waals surface area contributed by atoms with Gasteiger partial charge in [0.25, 0.3) is 0 Å². The number of morpholine rings is 1. The molecule has 3 saturated heterocycles. The van der Waals surface area contributed by atoms with Crippen LogP contribution in [0.2, 0.25) is 0 Å². The standard InChI is InChI=1S/C16H27NO5/c18-16(5-9-19-11-13-3-1-7-21-13)17-6-10-20-12-14(17)15-4-2-8-22-15/h13-15H,1-12H2. The van der Waals surface area contributed by atoms with Gasteiger partial charge in [0.05, 0.1) is 51.1 Å². The first-order chi connectivity index (χ1) is 10.8. The van der Waals surface area contributed by atoms with E-state index in [9.17, 15) is 4.79 Å². The van der Waals surface area contributed by atoms with Crippen LogP contribution in [0.4, 0.5) is 0 Å². The molecule has 0 aromatic carbocycles. The van der Waals surface area contributed by atoms with Crippen molar-refractivity contribution in [2.45, 2.75) is 50.4 Å². The molecule has 0 aromatic heterocycles. The summed E-state index contributed by atoms with van der Waals surface area (Å²) in [5, 5.41) is 0. The topological polar surface area (TPSA) is 57.2 Å². The smallest absolute Gasteiger partial charge is 0.225 e. The lowest BCUT2D eigenvalue weighted by atomic mass is 10.1. The molecule has 1 amide bonds. The van der Waals surface area contributed by atoms with Gasteiger partial charge in [-0.05, 0) is 25.7 Å². The number of ether oxygens (including phenoxy) is 4. The predicted octanol–water partition coefficient (Wildman–Crippen LogP) is 0.979. The Morgan fingerprint density at radius 2 is 2.00 bits per heavy atom. The third-order valence-electron chi connectivity index (χ3n) is 4.67. The molecule has 3 unspecified atom stereocenters. The monoisotopic (exact) mass is 313 g/mol. The van der Waals surface area contributed by atoms with Crippen molar-refractivity contribution >= 4 is 5.91 Å². The summed E-state index contributed by atoms with van der Waals surface area (Å²) in [6.45, 7) is 4.57. The third kappa shape index (κ3) is 4.19. The molecular weight excluding hydrogens is 286 g/mol. The van der Waals surface area contributed by atoms with Crippen LogP contribution < -0.4 is 0 Å². The van der Waals surface area contributed by atoms with Gasteiger partial charge in [-0.1, -0.05) is 0 Å². The summed E-state index contributed by atoms with van der Waals surface area (Å²) < 4.78 is 22.4. The Balaban J connectivity index is 1.40. The van der Waals surface area contributed by atoms with Crippen molar-refractivity contribution in [1.29, 1.82) is 0 Å². The van der Waals surface area contributed by atoms with Gasteiger partial charge in [-0.15, -0.1) is 0 Å². The van der Waals surface area contributed by atoms with Crippen molar-refractivity contribution in [3.05, 3.63) is 0 Å². The van der Waals surface area contributed by atoms with Gasteiger partial charge in [0.1, 0.15) is 0 Å². The summed E-state index contributed by atoms with van der Waals surface area (Å²) in [4.78, 5) is 14.4. The van der Waals surface area contributed by atoms with Crippen molar-refractivity contribution < 1.29 is 23.7 Å². The Hall–Kier alpha value is -0.690. The van der Waals surface area contributed by atoms with Crippen molar-refractivity contribution in [2.75, 3.05) is 46.2 Å². The molecule has 3 rings (SSSR count). The highest BCUT2D eigenvalue weighted by Gasteiger charge is 2.35. The van der Waals surface area contributed by atoms with Gasteiger partial charge < -0.3 is 23.8 Å². The van der Waals surface area contributed by atoms with Crippen LogP contribution in [-0.2, 0) is 23.7 Å². The highest BCUT2D eigenvalue weighted by molar-refractivity contribution is 5.76. The van der Waals surface area contributed by atoms with Crippen molar-refractivity contribution in [1.82, 2.24) is 4.90 Å². The highest BCUT2D eigenvalue weighted by Crippen LogP contribution is 2.22. The first kappa shape index (κ1) is 16.2. The molecule has 0 aliphatic carbocycles. The molecule has 0 aromatic rings. The van der Waals surface area contributed by atoms with Gasteiger partial charge in [-0.3, -0.25) is 4.79 Å². The molecule has 126 valence electrons. The summed E-state index contributed by atoms with van der Waals surface area (Å²) in [5.74, 6) is 0.149. The van der Waals surface area contributed by atoms with Gasteiger partial charge in [0, 0.05) is 19.8 Å². The first-order valence-electron chi connectivity index (χ1n) is 8.53. The lowest BCUT2D eigenvalue weighted by Crippen LogP contribution is -2.54. The van der Waals surface area contributed by atoms with Crippen molar-refractivity contribution in [2.24, 2.45) is 0 Å². The fraction of sp³-hybridized carbons (Fsp3) is 0.938. The fourth-order valence-electron chi connectivity index (χ4n) is 3.44. The lowest BCUT2D eigenvalue weighted by molar-refractivity contribution is -0.147. The molecule has 3 heterocycles. The minimum Gasteiger partial charge on any atom is -0.378 e. The van der Waals surface area contributed by atoms with Crippen LogP contribution in [0.5, 0.6) is 0 Å². The molecule has 3 fully saturated rings. The van der Waals surface area contributed by atoms with E-state index in [1.807, 2.05) is 4.90 Å². The molecular formula is C16H27NO5. The molecule has 0 spiro atoms. The lowest BCUT2D eigenvalue weighted by Gasteiger charge is -2.38. The van der Waals surface area contributed by atoms with Gasteiger partial charge in [0.2, 0.25) is 5.91 Å². The molecule has 6 nitrogen and oxygen atoms in total. The van der Waals surface area contributed by atoms with Crippen LogP contribution >= 0.6 is 0 Å². The third-order valence-corrected chi connectivity index (χ3v) is 4.67. The molecule has 3 aliphatic heterocycles. The van der Waals surface area contributed by atoms with Crippen LogP contribution in [0, 0.1) is 0 Å². The number of carbonyl (C=O) groups is 1. The van der Waals surface area contributed by atoms with Gasteiger partial charge in [0.15, 0.2) is 0 Å². The maximum atomic E-state index is 12.5. The summed E-state index contributed by atoms with van der Waals surface area (Å²) in [6.07, 6.45) is 5.06. The minimum atomic E-state index is 0.0712. The van der Waals surface area contributed by atoms with E-state index < -0.39 is 0 Å². The van der Waals surface area contributed by atoms with Crippen LogP contribution in [0.1, 0.15) is 32.1 Å². The van der Waals surface area contributed by atoms with E-state index in [2.05, 4.69) is 0 Å². The van der Waals surface area contributed by atoms with Gasteiger partial charge >= 0.3 is 0 Å². The fourth-order valence-corrected chi connectivity index (χ4v) is 3.44. The molecule has 0 saturated carbocycles. The molecule has 3 atom stereocenters. The van der Waals surface area contributed by atoms with Crippen LogP contribution in [0.15, 0.2) is 0 Å². The molecule has 6 heteroatoms.